The lowest BCUT2D eigenvalue weighted by Gasteiger charge is -2.27. The predicted molar refractivity (Wildman–Crippen MR) is 120 cm³/mol. The van der Waals surface area contributed by atoms with Gasteiger partial charge in [-0.25, -0.2) is 8.42 Å². The Morgan fingerprint density at radius 3 is 2.55 bits per heavy atom. The molecular formula is C24H29N3O3S. The first-order valence-electron chi connectivity index (χ1n) is 10.6. The standard InChI is InChI=1S/C24H29N3O3S/c1-4-20-7-5-6-8-24(20)31(28,29)27-14-13-23-21(15-27)22(25-26(23)3)17-30-16-19-11-9-18(2)10-12-19/h5-12H,4,13-17H2,1-3H3. The second-order valence-electron chi connectivity index (χ2n) is 8.02. The van der Waals surface area contributed by atoms with Crippen LogP contribution in [0.25, 0.3) is 0 Å². The molecule has 0 unspecified atom stereocenters. The minimum absolute atomic E-state index is 0.326. The van der Waals surface area contributed by atoms with Crippen molar-refractivity contribution < 1.29 is 13.2 Å². The lowest BCUT2D eigenvalue weighted by atomic mass is 10.1. The van der Waals surface area contributed by atoms with Crippen molar-refractivity contribution >= 4 is 10.0 Å². The molecule has 0 N–H and O–H groups in total. The molecule has 1 aliphatic rings. The van der Waals surface area contributed by atoms with Crippen LogP contribution in [0.2, 0.25) is 0 Å². The number of benzene rings is 2. The van der Waals surface area contributed by atoms with E-state index in [0.29, 0.717) is 44.0 Å². The minimum Gasteiger partial charge on any atom is -0.370 e. The van der Waals surface area contributed by atoms with E-state index >= 15 is 0 Å². The van der Waals surface area contributed by atoms with E-state index in [2.05, 4.69) is 36.3 Å². The topological polar surface area (TPSA) is 64.4 Å². The van der Waals surface area contributed by atoms with Crippen LogP contribution in [0.3, 0.4) is 0 Å². The number of fused-ring (bicyclic) bond motifs is 1. The van der Waals surface area contributed by atoms with Crippen LogP contribution < -0.4 is 0 Å². The molecule has 164 valence electrons. The van der Waals surface area contributed by atoms with E-state index < -0.39 is 10.0 Å². The fourth-order valence-electron chi connectivity index (χ4n) is 4.10. The Balaban J connectivity index is 1.52. The molecule has 3 aromatic rings. The summed E-state index contributed by atoms with van der Waals surface area (Å²) in [6.07, 6.45) is 1.32. The van der Waals surface area contributed by atoms with Gasteiger partial charge in [-0.05, 0) is 30.5 Å². The molecule has 1 aliphatic heterocycles. The molecule has 0 fully saturated rings. The minimum atomic E-state index is -3.57. The first-order chi connectivity index (χ1) is 14.9. The molecule has 4 rings (SSSR count). The van der Waals surface area contributed by atoms with Crippen LogP contribution in [0.1, 0.15) is 40.6 Å². The van der Waals surface area contributed by atoms with Gasteiger partial charge in [0.1, 0.15) is 0 Å². The summed E-state index contributed by atoms with van der Waals surface area (Å²) in [6.45, 7) is 5.67. The molecule has 1 aromatic heterocycles. The first kappa shape index (κ1) is 21.7. The number of ether oxygens (including phenoxy) is 1. The van der Waals surface area contributed by atoms with Crippen molar-refractivity contribution in [3.63, 3.8) is 0 Å². The molecule has 2 aromatic carbocycles. The Labute approximate surface area is 184 Å². The zero-order valence-corrected chi connectivity index (χ0v) is 19.2. The molecule has 0 aliphatic carbocycles. The zero-order valence-electron chi connectivity index (χ0n) is 18.3. The highest BCUT2D eigenvalue weighted by molar-refractivity contribution is 7.89. The third-order valence-electron chi connectivity index (χ3n) is 5.89. The van der Waals surface area contributed by atoms with Crippen molar-refractivity contribution in [1.82, 2.24) is 14.1 Å². The van der Waals surface area contributed by atoms with E-state index in [-0.39, 0.29) is 0 Å². The van der Waals surface area contributed by atoms with E-state index in [1.54, 1.807) is 16.4 Å². The molecule has 0 spiro atoms. The second-order valence-corrected chi connectivity index (χ2v) is 9.93. The van der Waals surface area contributed by atoms with Crippen LogP contribution in [0.5, 0.6) is 0 Å². The highest BCUT2D eigenvalue weighted by atomic mass is 32.2. The van der Waals surface area contributed by atoms with Gasteiger partial charge in [-0.2, -0.15) is 9.40 Å². The number of hydrogen-bond donors (Lipinski definition) is 0. The van der Waals surface area contributed by atoms with Crippen molar-refractivity contribution in [1.29, 1.82) is 0 Å². The Kier molecular flexibility index (Phi) is 6.27. The van der Waals surface area contributed by atoms with E-state index in [1.165, 1.54) is 5.56 Å². The van der Waals surface area contributed by atoms with E-state index in [4.69, 9.17) is 4.74 Å². The number of sulfonamides is 1. The number of rotatable bonds is 7. The molecule has 0 radical (unpaired) electrons. The van der Waals surface area contributed by atoms with E-state index in [0.717, 1.165) is 28.1 Å². The Bertz CT molecular complexity index is 1170. The fourth-order valence-corrected chi connectivity index (χ4v) is 5.81. The summed E-state index contributed by atoms with van der Waals surface area (Å²) in [6, 6.07) is 15.5. The molecule has 0 amide bonds. The van der Waals surface area contributed by atoms with Gasteiger partial charge in [0, 0.05) is 37.8 Å². The number of aryl methyl sites for hydroxylation is 3. The van der Waals surface area contributed by atoms with Crippen molar-refractivity contribution in [2.75, 3.05) is 6.54 Å². The smallest absolute Gasteiger partial charge is 0.243 e. The van der Waals surface area contributed by atoms with Crippen LogP contribution in [0.15, 0.2) is 53.4 Å². The van der Waals surface area contributed by atoms with Crippen LogP contribution in [-0.2, 0) is 54.4 Å². The van der Waals surface area contributed by atoms with Gasteiger partial charge in [-0.1, -0.05) is 55.0 Å². The largest absolute Gasteiger partial charge is 0.370 e. The fraction of sp³-hybridized carbons (Fsp3) is 0.375. The highest BCUT2D eigenvalue weighted by Crippen LogP contribution is 2.29. The van der Waals surface area contributed by atoms with Gasteiger partial charge in [-0.3, -0.25) is 4.68 Å². The van der Waals surface area contributed by atoms with Gasteiger partial charge in [0.05, 0.1) is 23.8 Å². The van der Waals surface area contributed by atoms with E-state index in [1.807, 2.05) is 30.8 Å². The van der Waals surface area contributed by atoms with Crippen molar-refractivity contribution in [3.05, 3.63) is 82.2 Å². The molecule has 0 atom stereocenters. The van der Waals surface area contributed by atoms with Crippen molar-refractivity contribution in [2.24, 2.45) is 7.05 Å². The second kappa shape index (κ2) is 8.94. The zero-order chi connectivity index (χ0) is 22.0. The summed E-state index contributed by atoms with van der Waals surface area (Å²) < 4.78 is 36.1. The van der Waals surface area contributed by atoms with Crippen LogP contribution in [0, 0.1) is 6.92 Å². The molecule has 2 heterocycles. The number of aromatic nitrogens is 2. The van der Waals surface area contributed by atoms with Gasteiger partial charge in [0.25, 0.3) is 0 Å². The normalized spacial score (nSPS) is 14.5. The Morgan fingerprint density at radius 1 is 1.06 bits per heavy atom. The number of nitrogens with zero attached hydrogens (tertiary/aromatic N) is 3. The maximum Gasteiger partial charge on any atom is 0.243 e. The van der Waals surface area contributed by atoms with Crippen LogP contribution in [-0.4, -0.2) is 29.0 Å². The molecule has 7 heteroatoms. The maximum atomic E-state index is 13.4. The highest BCUT2D eigenvalue weighted by Gasteiger charge is 2.32. The van der Waals surface area contributed by atoms with Gasteiger partial charge in [0.2, 0.25) is 10.0 Å². The molecule has 6 nitrogen and oxygen atoms in total. The average Bonchev–Trinajstić information content (AvgIpc) is 3.10. The molecule has 0 bridgehead atoms. The van der Waals surface area contributed by atoms with Gasteiger partial charge in [0.15, 0.2) is 0 Å². The predicted octanol–water partition coefficient (Wildman–Crippen LogP) is 3.75. The third kappa shape index (κ3) is 4.44. The Hall–Kier alpha value is -2.48. The lowest BCUT2D eigenvalue weighted by Crippen LogP contribution is -2.37. The third-order valence-corrected chi connectivity index (χ3v) is 7.84. The molecule has 31 heavy (non-hydrogen) atoms. The molecular weight excluding hydrogens is 410 g/mol. The summed E-state index contributed by atoms with van der Waals surface area (Å²) in [5.74, 6) is 0. The summed E-state index contributed by atoms with van der Waals surface area (Å²) in [4.78, 5) is 0.405. The summed E-state index contributed by atoms with van der Waals surface area (Å²) in [5, 5.41) is 4.63. The average molecular weight is 440 g/mol. The SMILES string of the molecule is CCc1ccccc1S(=O)(=O)N1CCc2c(c(COCc3ccc(C)cc3)nn2C)C1. The van der Waals surface area contributed by atoms with Crippen LogP contribution >= 0.6 is 0 Å². The van der Waals surface area contributed by atoms with Crippen molar-refractivity contribution in [3.8, 4) is 0 Å². The summed E-state index contributed by atoms with van der Waals surface area (Å²) >= 11 is 0. The van der Waals surface area contributed by atoms with E-state index in [9.17, 15) is 8.42 Å². The quantitative estimate of drug-likeness (QED) is 0.562. The lowest BCUT2D eigenvalue weighted by molar-refractivity contribution is 0.103. The monoisotopic (exact) mass is 439 g/mol. The molecule has 0 saturated carbocycles. The number of hydrogen-bond acceptors (Lipinski definition) is 4. The Morgan fingerprint density at radius 2 is 1.81 bits per heavy atom. The maximum absolute atomic E-state index is 13.4. The summed E-state index contributed by atoms with van der Waals surface area (Å²) in [7, 11) is -1.65. The van der Waals surface area contributed by atoms with Gasteiger partial charge >= 0.3 is 0 Å². The van der Waals surface area contributed by atoms with Crippen LogP contribution in [0.4, 0.5) is 0 Å². The van der Waals surface area contributed by atoms with Crippen molar-refractivity contribution in [2.45, 2.75) is 51.3 Å². The van der Waals surface area contributed by atoms with Gasteiger partial charge < -0.3 is 4.74 Å². The summed E-state index contributed by atoms with van der Waals surface area (Å²) in [5.41, 5.74) is 6.04. The van der Waals surface area contributed by atoms with Gasteiger partial charge in [-0.15, -0.1) is 0 Å². The first-order valence-corrected chi connectivity index (χ1v) is 12.1. The molecule has 0 saturated heterocycles.